The summed E-state index contributed by atoms with van der Waals surface area (Å²) in [5.41, 5.74) is 2.02. The molecule has 0 bridgehead atoms. The topological polar surface area (TPSA) is 62.2 Å². The van der Waals surface area contributed by atoms with E-state index in [0.29, 0.717) is 0 Å². The molecule has 3 rings (SSSR count). The summed E-state index contributed by atoms with van der Waals surface area (Å²) in [5, 5.41) is 13.3. The Kier molecular flexibility index (Phi) is 2.72. The molecule has 1 fully saturated rings. The molecule has 1 aliphatic rings. The second-order valence-electron chi connectivity index (χ2n) is 4.62. The van der Waals surface area contributed by atoms with Crippen LogP contribution in [0.5, 0.6) is 0 Å². The second-order valence-corrected chi connectivity index (χ2v) is 4.62. The third-order valence-electron chi connectivity index (χ3n) is 3.54. The largest absolute Gasteiger partial charge is 0.480 e. The van der Waals surface area contributed by atoms with Crippen molar-refractivity contribution in [2.45, 2.75) is 18.4 Å². The van der Waals surface area contributed by atoms with Crippen LogP contribution in [0.1, 0.15) is 17.9 Å². The summed E-state index contributed by atoms with van der Waals surface area (Å²) in [6.45, 7) is 0.757. The summed E-state index contributed by atoms with van der Waals surface area (Å²) in [4.78, 5) is 15.4. The summed E-state index contributed by atoms with van der Waals surface area (Å²) < 4.78 is 0. The number of fused-ring (bicyclic) bond motifs is 1. The smallest absolute Gasteiger partial charge is 0.321 e. The maximum Gasteiger partial charge on any atom is 0.321 e. The Morgan fingerprint density at radius 2 is 2.28 bits per heavy atom. The van der Waals surface area contributed by atoms with E-state index in [1.54, 1.807) is 6.20 Å². The van der Waals surface area contributed by atoms with Crippen LogP contribution >= 0.6 is 0 Å². The van der Waals surface area contributed by atoms with Gasteiger partial charge in [0.1, 0.15) is 6.04 Å². The van der Waals surface area contributed by atoms with Crippen molar-refractivity contribution in [1.82, 2.24) is 10.3 Å². The molecule has 2 heterocycles. The zero-order valence-electron chi connectivity index (χ0n) is 9.84. The van der Waals surface area contributed by atoms with E-state index >= 15 is 0 Å². The van der Waals surface area contributed by atoms with Crippen molar-refractivity contribution in [2.75, 3.05) is 6.54 Å². The van der Waals surface area contributed by atoms with Gasteiger partial charge in [-0.25, -0.2) is 0 Å². The fourth-order valence-electron chi connectivity index (χ4n) is 2.65. The number of nitrogens with one attached hydrogen (secondary N) is 1. The molecule has 92 valence electrons. The van der Waals surface area contributed by atoms with Gasteiger partial charge in [-0.2, -0.15) is 0 Å². The summed E-state index contributed by atoms with van der Waals surface area (Å²) in [5.74, 6) is -0.726. The summed E-state index contributed by atoms with van der Waals surface area (Å²) >= 11 is 0. The molecule has 2 aromatic rings. The average Bonchev–Trinajstić information content (AvgIpc) is 2.87. The number of nitrogens with zero attached hydrogens (tertiary/aromatic N) is 1. The number of rotatable bonds is 2. The summed E-state index contributed by atoms with van der Waals surface area (Å²) in [6.07, 6.45) is 2.63. The van der Waals surface area contributed by atoms with Crippen LogP contribution in [0.2, 0.25) is 0 Å². The Balaban J connectivity index is 2.01. The van der Waals surface area contributed by atoms with E-state index < -0.39 is 12.0 Å². The molecular formula is C14H14N2O2. The third kappa shape index (κ3) is 1.84. The third-order valence-corrected chi connectivity index (χ3v) is 3.54. The lowest BCUT2D eigenvalue weighted by Crippen LogP contribution is -2.34. The Hall–Kier alpha value is -1.94. The number of carboxylic acids is 1. The van der Waals surface area contributed by atoms with E-state index in [1.165, 1.54) is 0 Å². The summed E-state index contributed by atoms with van der Waals surface area (Å²) in [7, 11) is 0. The molecule has 4 heteroatoms. The fraction of sp³-hybridized carbons (Fsp3) is 0.286. The van der Waals surface area contributed by atoms with Crippen molar-refractivity contribution in [2.24, 2.45) is 0 Å². The van der Waals surface area contributed by atoms with Gasteiger partial charge in [0.05, 0.1) is 5.52 Å². The first kappa shape index (κ1) is 11.2. The number of pyridine rings is 1. The lowest BCUT2D eigenvalue weighted by atomic mass is 9.91. The van der Waals surface area contributed by atoms with Crippen LogP contribution in [0.25, 0.3) is 10.9 Å². The van der Waals surface area contributed by atoms with Gasteiger partial charge in [0.25, 0.3) is 0 Å². The van der Waals surface area contributed by atoms with E-state index in [4.69, 9.17) is 0 Å². The molecule has 0 spiro atoms. The maximum absolute atomic E-state index is 11.2. The van der Waals surface area contributed by atoms with Gasteiger partial charge in [-0.15, -0.1) is 0 Å². The van der Waals surface area contributed by atoms with Crippen LogP contribution in [-0.2, 0) is 4.79 Å². The van der Waals surface area contributed by atoms with Crippen molar-refractivity contribution < 1.29 is 9.90 Å². The molecule has 2 unspecified atom stereocenters. The zero-order valence-corrected chi connectivity index (χ0v) is 9.84. The van der Waals surface area contributed by atoms with Gasteiger partial charge >= 0.3 is 5.97 Å². The van der Waals surface area contributed by atoms with Crippen molar-refractivity contribution in [1.29, 1.82) is 0 Å². The quantitative estimate of drug-likeness (QED) is 0.842. The highest BCUT2D eigenvalue weighted by molar-refractivity contribution is 5.80. The number of aliphatic carboxylic acids is 1. The number of carbonyl (C=O) groups is 1. The zero-order chi connectivity index (χ0) is 12.5. The molecule has 0 radical (unpaired) electrons. The standard InChI is InChI=1S/C14H14N2O2/c17-14(18)13-11(5-7-16-13)9-3-4-12-10(8-9)2-1-6-15-12/h1-4,6,8,11,13,16H,5,7H2,(H,17,18). The molecule has 2 N–H and O–H groups in total. The molecule has 2 atom stereocenters. The van der Waals surface area contributed by atoms with Crippen LogP contribution in [0.4, 0.5) is 0 Å². The molecule has 18 heavy (non-hydrogen) atoms. The van der Waals surface area contributed by atoms with Crippen LogP contribution < -0.4 is 5.32 Å². The van der Waals surface area contributed by atoms with E-state index in [0.717, 1.165) is 29.4 Å². The number of hydrogen-bond donors (Lipinski definition) is 2. The van der Waals surface area contributed by atoms with Gasteiger partial charge in [-0.1, -0.05) is 12.1 Å². The van der Waals surface area contributed by atoms with Gasteiger partial charge in [0, 0.05) is 17.5 Å². The fourth-order valence-corrected chi connectivity index (χ4v) is 2.65. The molecule has 0 amide bonds. The monoisotopic (exact) mass is 242 g/mol. The van der Waals surface area contributed by atoms with Gasteiger partial charge in [0.2, 0.25) is 0 Å². The molecule has 1 aromatic heterocycles. The van der Waals surface area contributed by atoms with Crippen molar-refractivity contribution in [3.05, 3.63) is 42.1 Å². The molecule has 1 saturated heterocycles. The highest BCUT2D eigenvalue weighted by Crippen LogP contribution is 2.29. The molecular weight excluding hydrogens is 228 g/mol. The lowest BCUT2D eigenvalue weighted by molar-refractivity contribution is -0.139. The van der Waals surface area contributed by atoms with E-state index in [2.05, 4.69) is 16.4 Å². The second kappa shape index (κ2) is 4.38. The SMILES string of the molecule is O=C(O)C1NCCC1c1ccc2ncccc2c1. The lowest BCUT2D eigenvalue weighted by Gasteiger charge is -2.16. The Morgan fingerprint density at radius 3 is 3.11 bits per heavy atom. The van der Waals surface area contributed by atoms with Gasteiger partial charge in [0.15, 0.2) is 0 Å². The first-order valence-corrected chi connectivity index (χ1v) is 6.06. The molecule has 1 aliphatic heterocycles. The predicted octanol–water partition coefficient (Wildman–Crippen LogP) is 1.76. The number of hydrogen-bond acceptors (Lipinski definition) is 3. The van der Waals surface area contributed by atoms with Crippen molar-refractivity contribution in [3.8, 4) is 0 Å². The molecule has 4 nitrogen and oxygen atoms in total. The van der Waals surface area contributed by atoms with Crippen LogP contribution in [0.3, 0.4) is 0 Å². The summed E-state index contributed by atoms with van der Waals surface area (Å²) in [6, 6.07) is 9.43. The van der Waals surface area contributed by atoms with E-state index in [-0.39, 0.29) is 5.92 Å². The molecule has 1 aromatic carbocycles. The van der Waals surface area contributed by atoms with E-state index in [1.807, 2.05) is 24.3 Å². The first-order valence-electron chi connectivity index (χ1n) is 6.06. The predicted molar refractivity (Wildman–Crippen MR) is 68.5 cm³/mol. The van der Waals surface area contributed by atoms with Crippen LogP contribution in [-0.4, -0.2) is 28.6 Å². The van der Waals surface area contributed by atoms with E-state index in [9.17, 15) is 9.90 Å². The van der Waals surface area contributed by atoms with Crippen LogP contribution in [0, 0.1) is 0 Å². The highest BCUT2D eigenvalue weighted by atomic mass is 16.4. The first-order chi connectivity index (χ1) is 8.75. The minimum atomic E-state index is -0.774. The Morgan fingerprint density at radius 1 is 1.39 bits per heavy atom. The van der Waals surface area contributed by atoms with Gasteiger partial charge < -0.3 is 10.4 Å². The Bertz CT molecular complexity index is 597. The van der Waals surface area contributed by atoms with Crippen molar-refractivity contribution >= 4 is 16.9 Å². The Labute approximate surface area is 105 Å². The normalized spacial score (nSPS) is 23.3. The maximum atomic E-state index is 11.2. The minimum Gasteiger partial charge on any atom is -0.480 e. The van der Waals surface area contributed by atoms with Gasteiger partial charge in [-0.3, -0.25) is 9.78 Å². The highest BCUT2D eigenvalue weighted by Gasteiger charge is 2.33. The molecule has 0 saturated carbocycles. The van der Waals surface area contributed by atoms with Crippen molar-refractivity contribution in [3.63, 3.8) is 0 Å². The average molecular weight is 242 g/mol. The van der Waals surface area contributed by atoms with Crippen LogP contribution in [0.15, 0.2) is 36.5 Å². The number of aromatic nitrogens is 1. The van der Waals surface area contributed by atoms with Gasteiger partial charge in [-0.05, 0) is 36.7 Å². The number of benzene rings is 1. The number of carboxylic acid groups (broad SMARTS) is 1. The molecule has 0 aliphatic carbocycles. The minimum absolute atomic E-state index is 0.0482.